The standard InChI is InChI=1S/C10H14O2S/c1-3-10(4-2,9(11)12)8-5-6-13-7-8/h5-7H,3-4H2,1-2H3,(H,11,12). The predicted molar refractivity (Wildman–Crippen MR) is 54.2 cm³/mol. The number of hydrogen-bond donors (Lipinski definition) is 1. The lowest BCUT2D eigenvalue weighted by Crippen LogP contribution is -2.33. The number of rotatable bonds is 4. The number of carboxylic acids is 1. The fourth-order valence-corrected chi connectivity index (χ4v) is 2.38. The molecule has 0 radical (unpaired) electrons. The van der Waals surface area contributed by atoms with Crippen molar-refractivity contribution in [3.05, 3.63) is 22.4 Å². The first kappa shape index (κ1) is 10.3. The Balaban J connectivity index is 3.11. The molecule has 1 heterocycles. The number of thiophene rings is 1. The van der Waals surface area contributed by atoms with E-state index in [1.165, 1.54) is 0 Å². The van der Waals surface area contributed by atoms with Gasteiger partial charge in [-0.05, 0) is 35.2 Å². The zero-order valence-corrected chi connectivity index (χ0v) is 8.73. The summed E-state index contributed by atoms with van der Waals surface area (Å²) in [4.78, 5) is 11.2. The van der Waals surface area contributed by atoms with Gasteiger partial charge in [-0.3, -0.25) is 4.79 Å². The molecule has 0 fully saturated rings. The molecule has 3 heteroatoms. The Kier molecular flexibility index (Phi) is 3.09. The molecule has 0 atom stereocenters. The Morgan fingerprint density at radius 3 is 2.46 bits per heavy atom. The van der Waals surface area contributed by atoms with Crippen LogP contribution in [0.15, 0.2) is 16.8 Å². The van der Waals surface area contributed by atoms with Crippen molar-refractivity contribution in [2.75, 3.05) is 0 Å². The maximum absolute atomic E-state index is 11.2. The van der Waals surface area contributed by atoms with Gasteiger partial charge in [0.2, 0.25) is 0 Å². The maximum atomic E-state index is 11.2. The van der Waals surface area contributed by atoms with Crippen molar-refractivity contribution in [3.8, 4) is 0 Å². The van der Waals surface area contributed by atoms with Crippen LogP contribution in [0.2, 0.25) is 0 Å². The minimum Gasteiger partial charge on any atom is -0.481 e. The van der Waals surface area contributed by atoms with Gasteiger partial charge in [-0.1, -0.05) is 13.8 Å². The van der Waals surface area contributed by atoms with E-state index in [4.69, 9.17) is 0 Å². The second kappa shape index (κ2) is 3.92. The molecule has 1 aromatic heterocycles. The lowest BCUT2D eigenvalue weighted by atomic mass is 9.77. The van der Waals surface area contributed by atoms with Crippen LogP contribution in [0.25, 0.3) is 0 Å². The summed E-state index contributed by atoms with van der Waals surface area (Å²) in [6.07, 6.45) is 1.30. The van der Waals surface area contributed by atoms with Gasteiger partial charge in [0, 0.05) is 0 Å². The van der Waals surface area contributed by atoms with Gasteiger partial charge in [-0.25, -0.2) is 0 Å². The molecule has 0 saturated carbocycles. The van der Waals surface area contributed by atoms with Crippen molar-refractivity contribution < 1.29 is 9.90 Å². The third-order valence-electron chi connectivity index (χ3n) is 2.69. The summed E-state index contributed by atoms with van der Waals surface area (Å²) in [5, 5.41) is 13.1. The molecule has 0 amide bonds. The van der Waals surface area contributed by atoms with Gasteiger partial charge >= 0.3 is 5.97 Å². The normalized spacial score (nSPS) is 11.5. The van der Waals surface area contributed by atoms with E-state index in [0.717, 1.165) is 5.56 Å². The fraction of sp³-hybridized carbons (Fsp3) is 0.500. The SMILES string of the molecule is CCC(CC)(C(=O)O)c1ccsc1. The topological polar surface area (TPSA) is 37.3 Å². The third-order valence-corrected chi connectivity index (χ3v) is 3.37. The molecule has 2 nitrogen and oxygen atoms in total. The molecule has 0 aromatic carbocycles. The summed E-state index contributed by atoms with van der Waals surface area (Å²) in [6.45, 7) is 3.85. The van der Waals surface area contributed by atoms with Crippen LogP contribution < -0.4 is 0 Å². The van der Waals surface area contributed by atoms with E-state index < -0.39 is 11.4 Å². The first-order valence-electron chi connectivity index (χ1n) is 4.43. The van der Waals surface area contributed by atoms with Crippen LogP contribution in [0, 0.1) is 0 Å². The summed E-state index contributed by atoms with van der Waals surface area (Å²) in [6, 6.07) is 1.91. The van der Waals surface area contributed by atoms with Crippen LogP contribution in [0.3, 0.4) is 0 Å². The Morgan fingerprint density at radius 2 is 2.15 bits per heavy atom. The quantitative estimate of drug-likeness (QED) is 0.807. The molecule has 0 aliphatic heterocycles. The second-order valence-electron chi connectivity index (χ2n) is 3.11. The van der Waals surface area contributed by atoms with Crippen molar-refractivity contribution in [1.82, 2.24) is 0 Å². The van der Waals surface area contributed by atoms with Gasteiger partial charge in [0.1, 0.15) is 0 Å². The Morgan fingerprint density at radius 1 is 1.54 bits per heavy atom. The van der Waals surface area contributed by atoms with E-state index in [2.05, 4.69) is 0 Å². The molecule has 0 spiro atoms. The van der Waals surface area contributed by atoms with Crippen LogP contribution in [0.4, 0.5) is 0 Å². The fourth-order valence-electron chi connectivity index (χ4n) is 1.62. The van der Waals surface area contributed by atoms with Crippen molar-refractivity contribution in [3.63, 3.8) is 0 Å². The number of hydrogen-bond acceptors (Lipinski definition) is 2. The summed E-state index contributed by atoms with van der Waals surface area (Å²) in [5.74, 6) is -0.712. The van der Waals surface area contributed by atoms with Crippen LogP contribution in [0.1, 0.15) is 32.3 Å². The molecule has 1 N–H and O–H groups in total. The van der Waals surface area contributed by atoms with E-state index >= 15 is 0 Å². The van der Waals surface area contributed by atoms with Crippen molar-refractivity contribution in [1.29, 1.82) is 0 Å². The summed E-state index contributed by atoms with van der Waals surface area (Å²) >= 11 is 1.55. The summed E-state index contributed by atoms with van der Waals surface area (Å²) in [5.41, 5.74) is 0.273. The molecule has 0 aliphatic carbocycles. The van der Waals surface area contributed by atoms with Crippen molar-refractivity contribution in [2.45, 2.75) is 32.1 Å². The van der Waals surface area contributed by atoms with Crippen molar-refractivity contribution >= 4 is 17.3 Å². The monoisotopic (exact) mass is 198 g/mol. The zero-order chi connectivity index (χ0) is 9.90. The number of carbonyl (C=O) groups is 1. The molecule has 1 rings (SSSR count). The van der Waals surface area contributed by atoms with Crippen LogP contribution in [-0.4, -0.2) is 11.1 Å². The molecular weight excluding hydrogens is 184 g/mol. The van der Waals surface area contributed by atoms with Gasteiger partial charge in [0.05, 0.1) is 5.41 Å². The molecule has 72 valence electrons. The van der Waals surface area contributed by atoms with Gasteiger partial charge in [-0.15, -0.1) is 0 Å². The first-order chi connectivity index (χ1) is 6.17. The minimum atomic E-state index is -0.712. The van der Waals surface area contributed by atoms with Gasteiger partial charge in [0.15, 0.2) is 0 Å². The summed E-state index contributed by atoms with van der Waals surface area (Å²) < 4.78 is 0. The lowest BCUT2D eigenvalue weighted by molar-refractivity contribution is -0.144. The van der Waals surface area contributed by atoms with Gasteiger partial charge in [-0.2, -0.15) is 11.3 Å². The molecule has 0 unspecified atom stereocenters. The Bertz CT molecular complexity index is 273. The van der Waals surface area contributed by atoms with Crippen molar-refractivity contribution in [2.24, 2.45) is 0 Å². The lowest BCUT2D eigenvalue weighted by Gasteiger charge is -2.25. The molecule has 0 bridgehead atoms. The smallest absolute Gasteiger partial charge is 0.314 e. The molecule has 0 aliphatic rings. The largest absolute Gasteiger partial charge is 0.481 e. The highest BCUT2D eigenvalue weighted by Crippen LogP contribution is 2.33. The Hall–Kier alpha value is -0.830. The molecule has 1 aromatic rings. The van der Waals surface area contributed by atoms with E-state index in [1.807, 2.05) is 30.7 Å². The zero-order valence-electron chi connectivity index (χ0n) is 7.91. The summed E-state index contributed by atoms with van der Waals surface area (Å²) in [7, 11) is 0. The van der Waals surface area contributed by atoms with Crippen LogP contribution >= 0.6 is 11.3 Å². The van der Waals surface area contributed by atoms with Gasteiger partial charge in [0.25, 0.3) is 0 Å². The average molecular weight is 198 g/mol. The highest BCUT2D eigenvalue weighted by atomic mass is 32.1. The highest BCUT2D eigenvalue weighted by molar-refractivity contribution is 7.08. The average Bonchev–Trinajstić information content (AvgIpc) is 2.60. The van der Waals surface area contributed by atoms with Crippen LogP contribution in [0.5, 0.6) is 0 Å². The maximum Gasteiger partial charge on any atom is 0.314 e. The molecular formula is C10H14O2S. The third kappa shape index (κ3) is 1.61. The van der Waals surface area contributed by atoms with Crippen LogP contribution in [-0.2, 0) is 10.2 Å². The highest BCUT2D eigenvalue weighted by Gasteiger charge is 2.36. The van der Waals surface area contributed by atoms with E-state index in [0.29, 0.717) is 12.8 Å². The molecule has 13 heavy (non-hydrogen) atoms. The van der Waals surface area contributed by atoms with Gasteiger partial charge < -0.3 is 5.11 Å². The van der Waals surface area contributed by atoms with E-state index in [-0.39, 0.29) is 0 Å². The Labute approximate surface area is 82.2 Å². The van der Waals surface area contributed by atoms with E-state index in [1.54, 1.807) is 11.3 Å². The number of aliphatic carboxylic acids is 1. The molecule has 0 saturated heterocycles. The second-order valence-corrected chi connectivity index (χ2v) is 3.89. The first-order valence-corrected chi connectivity index (χ1v) is 5.37. The minimum absolute atomic E-state index is 0.648. The van der Waals surface area contributed by atoms with E-state index in [9.17, 15) is 9.90 Å². The predicted octanol–water partition coefficient (Wildman–Crippen LogP) is 2.89. The number of carboxylic acid groups (broad SMARTS) is 1.